The van der Waals surface area contributed by atoms with Gasteiger partial charge in [0.1, 0.15) is 5.75 Å². The van der Waals surface area contributed by atoms with Crippen LogP contribution in [0.25, 0.3) is 0 Å². The number of anilines is 1. The second-order valence-electron chi connectivity index (χ2n) is 4.80. The molecular formula is C15H24N2O2. The van der Waals surface area contributed by atoms with E-state index in [2.05, 4.69) is 10.6 Å². The van der Waals surface area contributed by atoms with E-state index < -0.39 is 0 Å². The maximum atomic E-state index is 11.9. The van der Waals surface area contributed by atoms with E-state index in [1.165, 1.54) is 0 Å². The zero-order chi connectivity index (χ0) is 14.4. The fourth-order valence-corrected chi connectivity index (χ4v) is 2.18. The molecule has 19 heavy (non-hydrogen) atoms. The fraction of sp³-hybridized carbons (Fsp3) is 0.533. The molecule has 1 rings (SSSR count). The minimum absolute atomic E-state index is 0.0162. The third-order valence-corrected chi connectivity index (χ3v) is 3.13. The zero-order valence-corrected chi connectivity index (χ0v) is 12.5. The summed E-state index contributed by atoms with van der Waals surface area (Å²) in [6.45, 7) is 8.85. The molecule has 1 unspecified atom stereocenters. The second kappa shape index (κ2) is 7.14. The van der Waals surface area contributed by atoms with E-state index in [4.69, 9.17) is 4.74 Å². The summed E-state index contributed by atoms with van der Waals surface area (Å²) < 4.78 is 5.35. The minimum atomic E-state index is 0.0162. The molecule has 106 valence electrons. The number of amides is 1. The van der Waals surface area contributed by atoms with Crippen molar-refractivity contribution >= 4 is 11.6 Å². The Labute approximate surface area is 115 Å². The van der Waals surface area contributed by atoms with E-state index in [1.54, 1.807) is 7.11 Å². The number of methoxy groups -OCH3 is 1. The summed E-state index contributed by atoms with van der Waals surface area (Å²) in [5, 5.41) is 6.17. The summed E-state index contributed by atoms with van der Waals surface area (Å²) in [6, 6.07) is 4.05. The molecule has 0 aromatic heterocycles. The number of hydrogen-bond donors (Lipinski definition) is 2. The number of nitrogens with one attached hydrogen (secondary N) is 2. The van der Waals surface area contributed by atoms with Crippen LogP contribution in [0.3, 0.4) is 0 Å². The van der Waals surface area contributed by atoms with Crippen LogP contribution in [0.1, 0.15) is 31.4 Å². The Morgan fingerprint density at radius 1 is 1.37 bits per heavy atom. The molecule has 0 fully saturated rings. The van der Waals surface area contributed by atoms with Crippen LogP contribution in [0, 0.1) is 13.8 Å². The molecule has 1 aromatic carbocycles. The van der Waals surface area contributed by atoms with Gasteiger partial charge in [-0.05, 0) is 38.9 Å². The fourth-order valence-electron chi connectivity index (χ4n) is 2.18. The van der Waals surface area contributed by atoms with Crippen molar-refractivity contribution in [3.05, 3.63) is 23.3 Å². The number of carbonyl (C=O) groups excluding carboxylic acids is 1. The number of hydrogen-bond acceptors (Lipinski definition) is 3. The average molecular weight is 264 g/mol. The van der Waals surface area contributed by atoms with Crippen molar-refractivity contribution in [2.24, 2.45) is 0 Å². The third-order valence-electron chi connectivity index (χ3n) is 3.13. The van der Waals surface area contributed by atoms with Gasteiger partial charge in [-0.1, -0.05) is 13.0 Å². The van der Waals surface area contributed by atoms with Gasteiger partial charge in [0.2, 0.25) is 5.91 Å². The van der Waals surface area contributed by atoms with Crippen molar-refractivity contribution in [1.29, 1.82) is 0 Å². The Bertz CT molecular complexity index is 444. The second-order valence-corrected chi connectivity index (χ2v) is 4.80. The molecule has 2 N–H and O–H groups in total. The van der Waals surface area contributed by atoms with Crippen LogP contribution in [-0.2, 0) is 4.79 Å². The molecule has 1 atom stereocenters. The summed E-state index contributed by atoms with van der Waals surface area (Å²) in [5.74, 6) is 0.847. The molecule has 0 saturated heterocycles. The number of rotatable bonds is 6. The molecule has 0 radical (unpaired) electrons. The average Bonchev–Trinajstić information content (AvgIpc) is 2.33. The van der Waals surface area contributed by atoms with Crippen LogP contribution >= 0.6 is 0 Å². The van der Waals surface area contributed by atoms with Crippen molar-refractivity contribution in [3.8, 4) is 5.75 Å². The van der Waals surface area contributed by atoms with Gasteiger partial charge >= 0.3 is 0 Å². The Kier molecular flexibility index (Phi) is 5.83. The van der Waals surface area contributed by atoms with Crippen molar-refractivity contribution in [2.45, 2.75) is 40.2 Å². The third kappa shape index (κ3) is 4.24. The molecule has 1 amide bonds. The number of carbonyl (C=O) groups is 1. The van der Waals surface area contributed by atoms with Gasteiger partial charge < -0.3 is 15.4 Å². The van der Waals surface area contributed by atoms with Crippen molar-refractivity contribution in [3.63, 3.8) is 0 Å². The maximum Gasteiger partial charge on any atom is 0.225 e. The topological polar surface area (TPSA) is 50.4 Å². The van der Waals surface area contributed by atoms with E-state index in [0.29, 0.717) is 6.42 Å². The summed E-state index contributed by atoms with van der Waals surface area (Å²) >= 11 is 0. The summed E-state index contributed by atoms with van der Waals surface area (Å²) in [5.41, 5.74) is 2.85. The lowest BCUT2D eigenvalue weighted by molar-refractivity contribution is -0.116. The van der Waals surface area contributed by atoms with Gasteiger partial charge in [-0.3, -0.25) is 4.79 Å². The largest absolute Gasteiger partial charge is 0.496 e. The van der Waals surface area contributed by atoms with Crippen LogP contribution in [0.2, 0.25) is 0 Å². The van der Waals surface area contributed by atoms with E-state index in [-0.39, 0.29) is 11.9 Å². The Morgan fingerprint density at radius 2 is 2.05 bits per heavy atom. The van der Waals surface area contributed by atoms with Crippen LogP contribution in [0.4, 0.5) is 5.69 Å². The highest BCUT2D eigenvalue weighted by Gasteiger charge is 2.12. The Morgan fingerprint density at radius 3 is 2.63 bits per heavy atom. The molecule has 4 heteroatoms. The first kappa shape index (κ1) is 15.5. The van der Waals surface area contributed by atoms with Crippen LogP contribution in [0.5, 0.6) is 5.75 Å². The first-order valence-electron chi connectivity index (χ1n) is 6.67. The van der Waals surface area contributed by atoms with Crippen LogP contribution < -0.4 is 15.4 Å². The molecule has 4 nitrogen and oxygen atoms in total. The highest BCUT2D eigenvalue weighted by molar-refractivity contribution is 5.92. The quantitative estimate of drug-likeness (QED) is 0.830. The summed E-state index contributed by atoms with van der Waals surface area (Å²) in [4.78, 5) is 11.9. The van der Waals surface area contributed by atoms with Crippen LogP contribution in [0.15, 0.2) is 12.1 Å². The van der Waals surface area contributed by atoms with Crippen molar-refractivity contribution < 1.29 is 9.53 Å². The first-order valence-corrected chi connectivity index (χ1v) is 6.67. The lowest BCUT2D eigenvalue weighted by Gasteiger charge is -2.16. The predicted octanol–water partition coefficient (Wildman–Crippen LogP) is 2.64. The van der Waals surface area contributed by atoms with Crippen molar-refractivity contribution in [2.75, 3.05) is 19.0 Å². The van der Waals surface area contributed by atoms with Crippen molar-refractivity contribution in [1.82, 2.24) is 5.32 Å². The maximum absolute atomic E-state index is 11.9. The lowest BCUT2D eigenvalue weighted by Crippen LogP contribution is -2.30. The van der Waals surface area contributed by atoms with Gasteiger partial charge in [0.15, 0.2) is 0 Å². The van der Waals surface area contributed by atoms with Gasteiger partial charge in [0.05, 0.1) is 7.11 Å². The molecule has 1 aromatic rings. The van der Waals surface area contributed by atoms with E-state index in [9.17, 15) is 4.79 Å². The monoisotopic (exact) mass is 264 g/mol. The smallest absolute Gasteiger partial charge is 0.225 e. The first-order chi connectivity index (χ1) is 8.99. The standard InChI is InChI=1S/C15H24N2O2/c1-6-16-11(3)9-14(18)17-13-8-7-10(2)15(19-5)12(13)4/h7-8,11,16H,6,9H2,1-5H3,(H,17,18). The lowest BCUT2D eigenvalue weighted by atomic mass is 10.1. The Hall–Kier alpha value is -1.55. The molecule has 0 spiro atoms. The zero-order valence-electron chi connectivity index (χ0n) is 12.5. The van der Waals surface area contributed by atoms with E-state index in [0.717, 1.165) is 29.1 Å². The van der Waals surface area contributed by atoms with Gasteiger partial charge in [-0.25, -0.2) is 0 Å². The molecule has 0 saturated carbocycles. The molecule has 0 heterocycles. The van der Waals surface area contributed by atoms with Gasteiger partial charge in [0.25, 0.3) is 0 Å². The normalized spacial score (nSPS) is 12.1. The van der Waals surface area contributed by atoms with E-state index >= 15 is 0 Å². The highest BCUT2D eigenvalue weighted by Crippen LogP contribution is 2.29. The highest BCUT2D eigenvalue weighted by atomic mass is 16.5. The van der Waals surface area contributed by atoms with Gasteiger partial charge in [0, 0.05) is 23.7 Å². The minimum Gasteiger partial charge on any atom is -0.496 e. The molecule has 0 aliphatic rings. The molecule has 0 bridgehead atoms. The Balaban J connectivity index is 2.75. The van der Waals surface area contributed by atoms with Gasteiger partial charge in [-0.2, -0.15) is 0 Å². The summed E-state index contributed by atoms with van der Waals surface area (Å²) in [7, 11) is 1.65. The van der Waals surface area contributed by atoms with Crippen LogP contribution in [-0.4, -0.2) is 25.6 Å². The summed E-state index contributed by atoms with van der Waals surface area (Å²) in [6.07, 6.45) is 0.462. The molecule has 0 aliphatic carbocycles. The molecule has 0 aliphatic heterocycles. The SMILES string of the molecule is CCNC(C)CC(=O)Nc1ccc(C)c(OC)c1C. The van der Waals surface area contributed by atoms with E-state index in [1.807, 2.05) is 39.8 Å². The van der Waals surface area contributed by atoms with Gasteiger partial charge in [-0.15, -0.1) is 0 Å². The number of benzene rings is 1. The predicted molar refractivity (Wildman–Crippen MR) is 78.9 cm³/mol. The molecular weight excluding hydrogens is 240 g/mol. The number of ether oxygens (including phenoxy) is 1. The number of aryl methyl sites for hydroxylation is 1.